The number of benzene rings is 1. The van der Waals surface area contributed by atoms with Crippen molar-refractivity contribution in [3.8, 4) is 0 Å². The van der Waals surface area contributed by atoms with Crippen LogP contribution in [0.15, 0.2) is 18.2 Å². The number of carbonyl (C=O) groups is 1. The van der Waals surface area contributed by atoms with Crippen molar-refractivity contribution in [3.63, 3.8) is 0 Å². The van der Waals surface area contributed by atoms with Gasteiger partial charge in [-0.15, -0.1) is 0 Å². The summed E-state index contributed by atoms with van der Waals surface area (Å²) in [4.78, 5) is 11.4. The van der Waals surface area contributed by atoms with Crippen LogP contribution in [-0.2, 0) is 27.7 Å². The van der Waals surface area contributed by atoms with Crippen molar-refractivity contribution in [3.05, 3.63) is 35.1 Å². The molecule has 0 amide bonds. The molecule has 142 valence electrons. The summed E-state index contributed by atoms with van der Waals surface area (Å²) >= 11 is 0. The van der Waals surface area contributed by atoms with Gasteiger partial charge in [0.05, 0.1) is 26.9 Å². The molecule has 4 nitrogen and oxygen atoms in total. The van der Waals surface area contributed by atoms with Gasteiger partial charge in [0.2, 0.25) is 0 Å². The van der Waals surface area contributed by atoms with E-state index in [0.717, 1.165) is 0 Å². The third-order valence-electron chi connectivity index (χ3n) is 3.74. The van der Waals surface area contributed by atoms with Crippen molar-refractivity contribution in [1.29, 1.82) is 0 Å². The minimum Gasteiger partial charge on any atom is -0.390 e. The second-order valence-electron chi connectivity index (χ2n) is 8.50. The highest BCUT2D eigenvalue weighted by Crippen LogP contribution is 2.34. The second-order valence-corrected chi connectivity index (χ2v) is 10.5. The first-order valence-corrected chi connectivity index (χ1v) is 9.49. The van der Waals surface area contributed by atoms with E-state index >= 15 is 0 Å². The number of ketones is 1. The molecule has 1 rings (SSSR count). The topological polar surface area (TPSA) is 66.4 Å². The average Bonchev–Trinajstić information content (AvgIpc) is 2.36. The Balaban J connectivity index is 3.41. The number of nitrogens with one attached hydrogen (secondary N) is 1. The van der Waals surface area contributed by atoms with Gasteiger partial charge in [-0.1, -0.05) is 12.1 Å². The van der Waals surface area contributed by atoms with Gasteiger partial charge in [0, 0.05) is 12.0 Å². The molecule has 2 N–H and O–H groups in total. The van der Waals surface area contributed by atoms with Crippen LogP contribution >= 0.6 is 0 Å². The Bertz CT molecular complexity index is 662. The predicted molar refractivity (Wildman–Crippen MR) is 100 cm³/mol. The summed E-state index contributed by atoms with van der Waals surface area (Å²) in [6.45, 7) is 11.9. The van der Waals surface area contributed by atoms with Crippen molar-refractivity contribution in [2.75, 3.05) is 0 Å². The van der Waals surface area contributed by atoms with E-state index in [2.05, 4.69) is 4.72 Å². The summed E-state index contributed by atoms with van der Waals surface area (Å²) in [5, 5.41) is 10.3. The van der Waals surface area contributed by atoms with Crippen LogP contribution in [0.2, 0.25) is 0 Å². The van der Waals surface area contributed by atoms with Crippen molar-refractivity contribution < 1.29 is 18.5 Å². The highest BCUT2D eigenvalue weighted by molar-refractivity contribution is 7.84. The minimum atomic E-state index is -1.46. The van der Waals surface area contributed by atoms with E-state index in [1.807, 2.05) is 20.8 Å². The van der Waals surface area contributed by atoms with Gasteiger partial charge in [0.1, 0.15) is 11.6 Å². The van der Waals surface area contributed by atoms with Gasteiger partial charge in [0.15, 0.2) is 0 Å². The largest absolute Gasteiger partial charge is 0.390 e. The molecule has 0 aliphatic rings. The number of aliphatic hydroxyl groups is 1. The van der Waals surface area contributed by atoms with Gasteiger partial charge in [-0.05, 0) is 66.5 Å². The number of carbonyl (C=O) groups excluding carboxylic acids is 1. The second kappa shape index (κ2) is 7.64. The number of hydrogen-bond acceptors (Lipinski definition) is 3. The van der Waals surface area contributed by atoms with Crippen LogP contribution in [0.25, 0.3) is 0 Å². The van der Waals surface area contributed by atoms with Crippen LogP contribution in [0, 0.1) is 5.82 Å². The molecule has 1 aromatic carbocycles. The van der Waals surface area contributed by atoms with Crippen LogP contribution in [0.3, 0.4) is 0 Å². The van der Waals surface area contributed by atoms with E-state index in [0.29, 0.717) is 11.1 Å². The quantitative estimate of drug-likeness (QED) is 0.772. The van der Waals surface area contributed by atoms with Crippen LogP contribution in [-0.4, -0.2) is 25.4 Å². The average molecular weight is 372 g/mol. The molecular weight excluding hydrogens is 341 g/mol. The number of rotatable bonds is 7. The Labute approximate surface area is 152 Å². The standard InChI is InChI=1S/C19H30FNO3S/c1-13(22)10-14-8-9-16(20)15(11-14)19(7,12-18(5,6)23)21-25(24)17(2,3)4/h8-9,11,21,23H,10,12H2,1-7H3/t19-,25+/m0/s1. The summed E-state index contributed by atoms with van der Waals surface area (Å²) in [5.74, 6) is -0.481. The van der Waals surface area contributed by atoms with Crippen molar-refractivity contribution >= 4 is 16.8 Å². The van der Waals surface area contributed by atoms with Gasteiger partial charge in [-0.2, -0.15) is 0 Å². The van der Waals surface area contributed by atoms with E-state index in [1.54, 1.807) is 32.9 Å². The molecule has 0 heterocycles. The van der Waals surface area contributed by atoms with Gasteiger partial charge in [0.25, 0.3) is 0 Å². The maximum absolute atomic E-state index is 14.6. The van der Waals surface area contributed by atoms with E-state index in [1.165, 1.54) is 13.0 Å². The zero-order valence-electron chi connectivity index (χ0n) is 16.2. The molecule has 0 aromatic heterocycles. The summed E-state index contributed by atoms with van der Waals surface area (Å²) in [5.41, 5.74) is -1.18. The molecule has 0 spiro atoms. The Hall–Kier alpha value is -1.11. The van der Waals surface area contributed by atoms with Crippen LogP contribution in [0.4, 0.5) is 4.39 Å². The Kier molecular flexibility index (Phi) is 6.70. The summed E-state index contributed by atoms with van der Waals surface area (Å²) in [6.07, 6.45) is 0.358. The Morgan fingerprint density at radius 2 is 1.76 bits per heavy atom. The van der Waals surface area contributed by atoms with Crippen molar-refractivity contribution in [2.45, 2.75) is 77.2 Å². The summed E-state index contributed by atoms with van der Waals surface area (Å²) in [6, 6.07) is 4.51. The van der Waals surface area contributed by atoms with Gasteiger partial charge in [-0.25, -0.2) is 13.3 Å². The lowest BCUT2D eigenvalue weighted by Gasteiger charge is -2.38. The van der Waals surface area contributed by atoms with Gasteiger partial charge in [-0.3, -0.25) is 4.79 Å². The molecular formula is C19H30FNO3S. The van der Waals surface area contributed by atoms with Gasteiger partial charge < -0.3 is 5.11 Å². The third kappa shape index (κ3) is 6.60. The summed E-state index contributed by atoms with van der Waals surface area (Å²) < 4.78 is 29.7. The van der Waals surface area contributed by atoms with E-state index in [9.17, 15) is 18.5 Å². The van der Waals surface area contributed by atoms with Crippen LogP contribution < -0.4 is 4.72 Å². The maximum Gasteiger partial charge on any atom is 0.134 e. The van der Waals surface area contributed by atoms with Crippen LogP contribution in [0.1, 0.15) is 66.0 Å². The molecule has 0 bridgehead atoms. The molecule has 1 aromatic rings. The lowest BCUT2D eigenvalue weighted by atomic mass is 9.82. The number of Topliss-reactive ketones (excluding diaryl/α,β-unsaturated/α-hetero) is 1. The predicted octanol–water partition coefficient (Wildman–Crippen LogP) is 3.39. The smallest absolute Gasteiger partial charge is 0.134 e. The maximum atomic E-state index is 14.6. The minimum absolute atomic E-state index is 0.0204. The highest BCUT2D eigenvalue weighted by atomic mass is 32.2. The molecule has 25 heavy (non-hydrogen) atoms. The molecule has 0 saturated carbocycles. The zero-order chi connectivity index (χ0) is 19.6. The Morgan fingerprint density at radius 3 is 2.20 bits per heavy atom. The molecule has 0 unspecified atom stereocenters. The first-order chi connectivity index (χ1) is 11.1. The molecule has 0 saturated heterocycles. The molecule has 0 radical (unpaired) electrons. The van der Waals surface area contributed by atoms with Crippen molar-refractivity contribution in [1.82, 2.24) is 4.72 Å². The molecule has 6 heteroatoms. The van der Waals surface area contributed by atoms with E-state index in [-0.39, 0.29) is 18.6 Å². The SMILES string of the molecule is CC(=O)Cc1ccc(F)c([C@](C)(CC(C)(C)O)N[S@](=O)C(C)(C)C)c1. The lowest BCUT2D eigenvalue weighted by Crippen LogP contribution is -2.50. The highest BCUT2D eigenvalue weighted by Gasteiger charge is 2.38. The van der Waals surface area contributed by atoms with E-state index < -0.39 is 32.7 Å². The lowest BCUT2D eigenvalue weighted by molar-refractivity contribution is -0.116. The monoisotopic (exact) mass is 371 g/mol. The van der Waals surface area contributed by atoms with Crippen LogP contribution in [0.5, 0.6) is 0 Å². The normalized spacial score (nSPS) is 16.4. The fourth-order valence-corrected chi connectivity index (χ4v) is 3.70. The number of halogens is 1. The van der Waals surface area contributed by atoms with Gasteiger partial charge >= 0.3 is 0 Å². The zero-order valence-corrected chi connectivity index (χ0v) is 17.0. The molecule has 0 aliphatic carbocycles. The van der Waals surface area contributed by atoms with Crippen molar-refractivity contribution in [2.24, 2.45) is 0 Å². The Morgan fingerprint density at radius 1 is 1.20 bits per heavy atom. The molecule has 2 atom stereocenters. The number of hydrogen-bond donors (Lipinski definition) is 2. The first-order valence-electron chi connectivity index (χ1n) is 8.34. The molecule has 0 aliphatic heterocycles. The van der Waals surface area contributed by atoms with E-state index in [4.69, 9.17) is 0 Å². The third-order valence-corrected chi connectivity index (χ3v) is 5.49. The summed E-state index contributed by atoms with van der Waals surface area (Å²) in [7, 11) is -1.46. The fraction of sp³-hybridized carbons (Fsp3) is 0.632. The fourth-order valence-electron chi connectivity index (χ4n) is 2.80. The molecule has 0 fully saturated rings. The first kappa shape index (κ1) is 21.9.